The van der Waals surface area contributed by atoms with Gasteiger partial charge >= 0.3 is 0 Å². The van der Waals surface area contributed by atoms with Gasteiger partial charge in [0.1, 0.15) is 5.75 Å². The third kappa shape index (κ3) is 3.98. The summed E-state index contributed by atoms with van der Waals surface area (Å²) in [7, 11) is 0. The topological polar surface area (TPSA) is 48.5 Å². The van der Waals surface area contributed by atoms with Crippen LogP contribution in [0.25, 0.3) is 22.7 Å². The predicted molar refractivity (Wildman–Crippen MR) is 162 cm³/mol. The quantitative estimate of drug-likeness (QED) is 0.252. The molecule has 0 radical (unpaired) electrons. The standard InChI is InChI=1S/C34H29N3O2S/c1-3-19-36-21-24(26-10-7-8-12-29(26)36)20-30-33(38)37-32(23-13-16-25(17-14-23)39-4-2)28-18-15-22-9-5-6-11-27(22)31(28)35-34(37)40-30/h3,5-14,16-17,20-21,32H,1,4,15,18-19H2,2H3. The summed E-state index contributed by atoms with van der Waals surface area (Å²) < 4.78 is 10.5. The number of ether oxygens (including phenoxy) is 1. The summed E-state index contributed by atoms with van der Waals surface area (Å²) in [4.78, 5) is 20.1. The minimum Gasteiger partial charge on any atom is -0.494 e. The maximum Gasteiger partial charge on any atom is 0.271 e. The highest BCUT2D eigenvalue weighted by Crippen LogP contribution is 2.41. The monoisotopic (exact) mass is 543 g/mol. The van der Waals surface area contributed by atoms with E-state index in [1.165, 1.54) is 28.0 Å². The van der Waals surface area contributed by atoms with Gasteiger partial charge in [0.2, 0.25) is 0 Å². The van der Waals surface area contributed by atoms with Crippen molar-refractivity contribution in [1.29, 1.82) is 0 Å². The fourth-order valence-electron chi connectivity index (χ4n) is 6.06. The Bertz CT molecular complexity index is 1990. The Morgan fingerprint density at radius 3 is 2.67 bits per heavy atom. The molecule has 0 fully saturated rings. The van der Waals surface area contributed by atoms with Crippen molar-refractivity contribution in [2.45, 2.75) is 32.4 Å². The number of para-hydroxylation sites is 1. The van der Waals surface area contributed by atoms with Crippen LogP contribution < -0.4 is 19.6 Å². The second-order valence-corrected chi connectivity index (χ2v) is 11.2. The normalized spacial score (nSPS) is 16.3. The largest absolute Gasteiger partial charge is 0.494 e. The molecule has 0 spiro atoms. The van der Waals surface area contributed by atoms with Crippen LogP contribution in [0.15, 0.2) is 107 Å². The lowest BCUT2D eigenvalue weighted by atomic mass is 9.83. The Morgan fingerprint density at radius 1 is 1.05 bits per heavy atom. The van der Waals surface area contributed by atoms with Crippen LogP contribution in [0.2, 0.25) is 0 Å². The number of aromatic nitrogens is 2. The summed E-state index contributed by atoms with van der Waals surface area (Å²) in [6.45, 7) is 7.22. The Kier molecular flexibility index (Phi) is 6.13. The number of fused-ring (bicyclic) bond motifs is 4. The molecular weight excluding hydrogens is 514 g/mol. The van der Waals surface area contributed by atoms with Gasteiger partial charge in [-0.15, -0.1) is 6.58 Å². The Balaban J connectivity index is 1.45. The van der Waals surface area contributed by atoms with E-state index in [1.54, 1.807) is 0 Å². The highest BCUT2D eigenvalue weighted by molar-refractivity contribution is 7.07. The number of hydrogen-bond acceptors (Lipinski definition) is 4. The number of rotatable bonds is 6. The van der Waals surface area contributed by atoms with Crippen molar-refractivity contribution >= 4 is 34.0 Å². The summed E-state index contributed by atoms with van der Waals surface area (Å²) in [5, 5.41) is 1.12. The van der Waals surface area contributed by atoms with Gasteiger partial charge in [-0.3, -0.25) is 9.36 Å². The molecule has 6 heteroatoms. The third-order valence-electron chi connectivity index (χ3n) is 7.81. The van der Waals surface area contributed by atoms with Crippen molar-refractivity contribution in [3.05, 3.63) is 139 Å². The molecule has 7 rings (SSSR count). The first kappa shape index (κ1) is 24.6. The molecule has 0 bridgehead atoms. The van der Waals surface area contributed by atoms with E-state index < -0.39 is 0 Å². The van der Waals surface area contributed by atoms with Crippen LogP contribution in [0.3, 0.4) is 0 Å². The SMILES string of the molecule is C=CCn1cc(C=c2sc3n(c2=O)C(c2ccc(OCC)cc2)C2=C(N=3)c3ccccc3CC2)c2ccccc21. The van der Waals surface area contributed by atoms with Crippen molar-refractivity contribution in [2.24, 2.45) is 4.99 Å². The molecule has 0 amide bonds. The smallest absolute Gasteiger partial charge is 0.271 e. The van der Waals surface area contributed by atoms with Gasteiger partial charge in [0, 0.05) is 34.8 Å². The minimum atomic E-state index is -0.209. The Morgan fingerprint density at radius 2 is 1.85 bits per heavy atom. The number of aryl methyl sites for hydroxylation is 1. The first-order chi connectivity index (χ1) is 19.7. The lowest BCUT2D eigenvalue weighted by molar-refractivity contribution is 0.340. The third-order valence-corrected chi connectivity index (χ3v) is 8.79. The second kappa shape index (κ2) is 9.96. The fraction of sp³-hybridized carbons (Fsp3) is 0.176. The molecule has 5 nitrogen and oxygen atoms in total. The van der Waals surface area contributed by atoms with Crippen molar-refractivity contribution in [1.82, 2.24) is 9.13 Å². The molecule has 40 heavy (non-hydrogen) atoms. The molecule has 0 N–H and O–H groups in total. The van der Waals surface area contributed by atoms with Crippen molar-refractivity contribution in [3.8, 4) is 5.75 Å². The van der Waals surface area contributed by atoms with Crippen molar-refractivity contribution in [3.63, 3.8) is 0 Å². The molecule has 2 aromatic heterocycles. The predicted octanol–water partition coefficient (Wildman–Crippen LogP) is 5.86. The van der Waals surface area contributed by atoms with Crippen LogP contribution in [-0.2, 0) is 13.0 Å². The number of hydrogen-bond donors (Lipinski definition) is 0. The van der Waals surface area contributed by atoms with Gasteiger partial charge in [0.05, 0.1) is 22.9 Å². The minimum absolute atomic E-state index is 0.00593. The summed E-state index contributed by atoms with van der Waals surface area (Å²) in [6, 6.07) is 24.8. The molecule has 5 aromatic rings. The maximum atomic E-state index is 14.2. The highest BCUT2D eigenvalue weighted by atomic mass is 32.1. The molecule has 1 atom stereocenters. The fourth-order valence-corrected chi connectivity index (χ4v) is 7.05. The average Bonchev–Trinajstić information content (AvgIpc) is 3.49. The van der Waals surface area contributed by atoms with E-state index in [1.807, 2.05) is 47.9 Å². The molecular formula is C34H29N3O2S. The van der Waals surface area contributed by atoms with E-state index in [-0.39, 0.29) is 11.6 Å². The van der Waals surface area contributed by atoms with Gasteiger partial charge in [-0.05, 0) is 60.7 Å². The number of benzene rings is 3. The zero-order valence-corrected chi connectivity index (χ0v) is 23.2. The Labute approximate surface area is 236 Å². The maximum absolute atomic E-state index is 14.2. The molecule has 198 valence electrons. The van der Waals surface area contributed by atoms with Crippen LogP contribution in [0.5, 0.6) is 5.75 Å². The molecule has 1 unspecified atom stereocenters. The molecule has 1 aliphatic heterocycles. The second-order valence-electron chi connectivity index (χ2n) is 10.2. The van der Waals surface area contributed by atoms with Crippen LogP contribution >= 0.6 is 11.3 Å². The number of nitrogens with zero attached hydrogens (tertiary/aromatic N) is 3. The van der Waals surface area contributed by atoms with E-state index >= 15 is 0 Å². The molecule has 1 aliphatic carbocycles. The van der Waals surface area contributed by atoms with Gasteiger partial charge < -0.3 is 9.30 Å². The van der Waals surface area contributed by atoms with Gasteiger partial charge in [-0.2, -0.15) is 0 Å². The average molecular weight is 544 g/mol. The Hall–Kier alpha value is -4.42. The van der Waals surface area contributed by atoms with Crippen molar-refractivity contribution < 1.29 is 4.74 Å². The van der Waals surface area contributed by atoms with E-state index in [4.69, 9.17) is 9.73 Å². The van der Waals surface area contributed by atoms with Gasteiger partial charge in [0.15, 0.2) is 4.80 Å². The molecule has 0 saturated heterocycles. The van der Waals surface area contributed by atoms with Gasteiger partial charge in [-0.1, -0.05) is 72.0 Å². The van der Waals surface area contributed by atoms with Crippen LogP contribution in [0.1, 0.15) is 41.6 Å². The number of thiazole rings is 1. The summed E-state index contributed by atoms with van der Waals surface area (Å²) >= 11 is 1.47. The van der Waals surface area contributed by atoms with Gasteiger partial charge in [0.25, 0.3) is 5.56 Å². The van der Waals surface area contributed by atoms with Crippen LogP contribution in [0.4, 0.5) is 0 Å². The molecule has 3 aromatic carbocycles. The first-order valence-electron chi connectivity index (χ1n) is 13.7. The molecule has 3 heterocycles. The molecule has 2 aliphatic rings. The zero-order chi connectivity index (χ0) is 27.2. The zero-order valence-electron chi connectivity index (χ0n) is 22.3. The summed E-state index contributed by atoms with van der Waals surface area (Å²) in [5.74, 6) is 0.831. The van der Waals surface area contributed by atoms with Gasteiger partial charge in [-0.25, -0.2) is 4.99 Å². The number of allylic oxidation sites excluding steroid dienone is 2. The van der Waals surface area contributed by atoms with E-state index in [9.17, 15) is 4.79 Å². The molecule has 0 saturated carbocycles. The lowest BCUT2D eigenvalue weighted by Crippen LogP contribution is -2.38. The highest BCUT2D eigenvalue weighted by Gasteiger charge is 2.32. The van der Waals surface area contributed by atoms with Crippen molar-refractivity contribution in [2.75, 3.05) is 6.61 Å². The summed E-state index contributed by atoms with van der Waals surface area (Å²) in [6.07, 6.45) is 7.83. The first-order valence-corrected chi connectivity index (χ1v) is 14.5. The van der Waals surface area contributed by atoms with E-state index in [0.717, 1.165) is 51.1 Å². The summed E-state index contributed by atoms with van der Waals surface area (Å²) in [5.41, 5.74) is 7.90. The van der Waals surface area contributed by atoms with E-state index in [2.05, 4.69) is 65.9 Å². The van der Waals surface area contributed by atoms with Crippen LogP contribution in [0, 0.1) is 0 Å². The van der Waals surface area contributed by atoms with Crippen LogP contribution in [-0.4, -0.2) is 15.7 Å². The van der Waals surface area contributed by atoms with E-state index in [0.29, 0.717) is 17.7 Å². The lowest BCUT2D eigenvalue weighted by Gasteiger charge is -2.30.